The van der Waals surface area contributed by atoms with E-state index in [-0.39, 0.29) is 11.6 Å². The van der Waals surface area contributed by atoms with Crippen LogP contribution in [0.25, 0.3) is 10.8 Å². The Kier molecular flexibility index (Phi) is 3.94. The lowest BCUT2D eigenvalue weighted by Crippen LogP contribution is -2.14. The van der Waals surface area contributed by atoms with Crippen LogP contribution in [-0.2, 0) is 0 Å². The first kappa shape index (κ1) is 15.0. The van der Waals surface area contributed by atoms with E-state index in [2.05, 4.69) is 10.3 Å². The number of nitrogens with one attached hydrogen (secondary N) is 1. The van der Waals surface area contributed by atoms with E-state index in [9.17, 15) is 9.59 Å². The predicted octanol–water partition coefficient (Wildman–Crippen LogP) is 3.06. The molecule has 0 unspecified atom stereocenters. The smallest absolute Gasteiger partial charge is 0.275 e. The number of amides is 2. The van der Waals surface area contributed by atoms with Crippen molar-refractivity contribution in [3.8, 4) is 10.8 Å². The number of carbonyl (C=O) groups is 2. The summed E-state index contributed by atoms with van der Waals surface area (Å²) in [4.78, 5) is 27.7. The zero-order valence-corrected chi connectivity index (χ0v) is 13.0. The van der Waals surface area contributed by atoms with E-state index in [1.54, 1.807) is 23.6 Å². The average Bonchev–Trinajstić information content (AvgIpc) is 3.16. The molecule has 3 N–H and O–H groups in total. The number of furan rings is 1. The molecule has 0 fully saturated rings. The van der Waals surface area contributed by atoms with Crippen LogP contribution in [0.15, 0.2) is 46.2 Å². The van der Waals surface area contributed by atoms with Gasteiger partial charge in [-0.25, -0.2) is 4.98 Å². The Bertz CT molecular complexity index is 882. The minimum absolute atomic E-state index is 0.281. The number of nitrogens with two attached hydrogens (primary N) is 1. The Balaban J connectivity index is 1.77. The number of carbonyl (C=O) groups excluding carboxylic acids is 2. The molecule has 0 saturated heterocycles. The fourth-order valence-electron chi connectivity index (χ4n) is 1.99. The standard InChI is InChI=1S/C16H13N3O3S/c1-9-5-6-13(22-9)16-19-12(8-23-16)15(21)18-11-4-2-3-10(7-11)14(17)20/h2-8H,1H3,(H2,17,20)(H,18,21). The summed E-state index contributed by atoms with van der Waals surface area (Å²) in [6, 6.07) is 10.1. The first-order chi connectivity index (χ1) is 11.0. The van der Waals surface area contributed by atoms with Crippen LogP contribution in [0, 0.1) is 6.92 Å². The molecule has 2 amide bonds. The Morgan fingerprint density at radius 1 is 1.26 bits per heavy atom. The highest BCUT2D eigenvalue weighted by Crippen LogP contribution is 2.26. The van der Waals surface area contributed by atoms with Crippen molar-refractivity contribution in [1.82, 2.24) is 4.98 Å². The molecule has 3 aromatic rings. The lowest BCUT2D eigenvalue weighted by molar-refractivity contribution is 0.0995. The third kappa shape index (κ3) is 3.29. The molecule has 2 heterocycles. The monoisotopic (exact) mass is 327 g/mol. The van der Waals surface area contributed by atoms with Crippen molar-refractivity contribution < 1.29 is 14.0 Å². The molecule has 0 saturated carbocycles. The van der Waals surface area contributed by atoms with Crippen LogP contribution in [0.4, 0.5) is 5.69 Å². The van der Waals surface area contributed by atoms with Crippen LogP contribution in [0.3, 0.4) is 0 Å². The zero-order valence-electron chi connectivity index (χ0n) is 12.2. The molecular weight excluding hydrogens is 314 g/mol. The van der Waals surface area contributed by atoms with Crippen LogP contribution < -0.4 is 11.1 Å². The van der Waals surface area contributed by atoms with Gasteiger partial charge in [-0.2, -0.15) is 0 Å². The number of aromatic nitrogens is 1. The molecule has 23 heavy (non-hydrogen) atoms. The topological polar surface area (TPSA) is 98.2 Å². The molecule has 1 aromatic carbocycles. The van der Waals surface area contributed by atoms with Crippen LogP contribution in [-0.4, -0.2) is 16.8 Å². The number of rotatable bonds is 4. The Morgan fingerprint density at radius 3 is 2.78 bits per heavy atom. The number of primary amides is 1. The summed E-state index contributed by atoms with van der Waals surface area (Å²) >= 11 is 1.32. The van der Waals surface area contributed by atoms with Crippen molar-refractivity contribution in [1.29, 1.82) is 0 Å². The van der Waals surface area contributed by atoms with E-state index in [0.717, 1.165) is 5.76 Å². The minimum Gasteiger partial charge on any atom is -0.459 e. The molecule has 0 aliphatic carbocycles. The minimum atomic E-state index is -0.551. The van der Waals surface area contributed by atoms with E-state index in [1.807, 2.05) is 19.1 Å². The van der Waals surface area contributed by atoms with Crippen molar-refractivity contribution in [3.63, 3.8) is 0 Å². The van der Waals surface area contributed by atoms with Gasteiger partial charge in [0.25, 0.3) is 5.91 Å². The van der Waals surface area contributed by atoms with Gasteiger partial charge in [-0.3, -0.25) is 9.59 Å². The van der Waals surface area contributed by atoms with Gasteiger partial charge >= 0.3 is 0 Å². The number of hydrogen-bond acceptors (Lipinski definition) is 5. The van der Waals surface area contributed by atoms with Gasteiger partial charge in [0, 0.05) is 16.6 Å². The zero-order chi connectivity index (χ0) is 16.4. The van der Waals surface area contributed by atoms with Gasteiger partial charge in [-0.15, -0.1) is 11.3 Å². The summed E-state index contributed by atoms with van der Waals surface area (Å²) in [5, 5.41) is 4.98. The molecule has 7 heteroatoms. The fraction of sp³-hybridized carbons (Fsp3) is 0.0625. The van der Waals surface area contributed by atoms with E-state index < -0.39 is 5.91 Å². The van der Waals surface area contributed by atoms with Gasteiger partial charge < -0.3 is 15.5 Å². The SMILES string of the molecule is Cc1ccc(-c2nc(C(=O)Nc3cccc(C(N)=O)c3)cs2)o1. The summed E-state index contributed by atoms with van der Waals surface area (Å²) in [6.07, 6.45) is 0. The second kappa shape index (κ2) is 6.05. The van der Waals surface area contributed by atoms with Gasteiger partial charge in [0.15, 0.2) is 10.8 Å². The van der Waals surface area contributed by atoms with Crippen molar-refractivity contribution in [2.24, 2.45) is 5.73 Å². The van der Waals surface area contributed by atoms with E-state index >= 15 is 0 Å². The Morgan fingerprint density at radius 2 is 2.09 bits per heavy atom. The molecule has 0 radical (unpaired) electrons. The maximum Gasteiger partial charge on any atom is 0.275 e. The van der Waals surface area contributed by atoms with Crippen molar-refractivity contribution in [3.05, 3.63) is 58.8 Å². The highest BCUT2D eigenvalue weighted by atomic mass is 32.1. The van der Waals surface area contributed by atoms with Crippen LogP contribution in [0.1, 0.15) is 26.6 Å². The quantitative estimate of drug-likeness (QED) is 0.769. The molecule has 3 rings (SSSR count). The van der Waals surface area contributed by atoms with Crippen LogP contribution >= 0.6 is 11.3 Å². The molecular formula is C16H13N3O3S. The number of hydrogen-bond donors (Lipinski definition) is 2. The third-order valence-electron chi connectivity index (χ3n) is 3.09. The van der Waals surface area contributed by atoms with Gasteiger partial charge in [-0.05, 0) is 37.3 Å². The second-order valence-corrected chi connectivity index (χ2v) is 5.71. The highest BCUT2D eigenvalue weighted by Gasteiger charge is 2.14. The molecule has 116 valence electrons. The number of aryl methyl sites for hydroxylation is 1. The number of nitrogens with zero attached hydrogens (tertiary/aromatic N) is 1. The molecule has 0 bridgehead atoms. The lowest BCUT2D eigenvalue weighted by atomic mass is 10.2. The van der Waals surface area contributed by atoms with E-state index in [4.69, 9.17) is 10.2 Å². The van der Waals surface area contributed by atoms with Gasteiger partial charge in [0.2, 0.25) is 5.91 Å². The van der Waals surface area contributed by atoms with Crippen LogP contribution in [0.2, 0.25) is 0 Å². The maximum absolute atomic E-state index is 12.2. The lowest BCUT2D eigenvalue weighted by Gasteiger charge is -2.04. The molecule has 6 nitrogen and oxygen atoms in total. The average molecular weight is 327 g/mol. The number of benzene rings is 1. The highest BCUT2D eigenvalue weighted by molar-refractivity contribution is 7.13. The van der Waals surface area contributed by atoms with Gasteiger partial charge in [0.1, 0.15) is 11.5 Å². The number of anilines is 1. The van der Waals surface area contributed by atoms with Gasteiger partial charge in [0.05, 0.1) is 0 Å². The first-order valence-corrected chi connectivity index (χ1v) is 7.64. The third-order valence-corrected chi connectivity index (χ3v) is 3.95. The van der Waals surface area contributed by atoms with Gasteiger partial charge in [-0.1, -0.05) is 6.07 Å². The summed E-state index contributed by atoms with van der Waals surface area (Å²) in [5.41, 5.74) is 6.31. The Labute approximate surface area is 136 Å². The fourth-order valence-corrected chi connectivity index (χ4v) is 2.75. The second-order valence-electron chi connectivity index (χ2n) is 4.85. The maximum atomic E-state index is 12.2. The van der Waals surface area contributed by atoms with Crippen molar-refractivity contribution >= 4 is 28.8 Å². The summed E-state index contributed by atoms with van der Waals surface area (Å²) in [7, 11) is 0. The van der Waals surface area contributed by atoms with Crippen molar-refractivity contribution in [2.45, 2.75) is 6.92 Å². The van der Waals surface area contributed by atoms with E-state index in [1.165, 1.54) is 17.4 Å². The summed E-state index contributed by atoms with van der Waals surface area (Å²) in [5.74, 6) is 0.495. The normalized spacial score (nSPS) is 10.5. The van der Waals surface area contributed by atoms with Crippen molar-refractivity contribution in [2.75, 3.05) is 5.32 Å². The molecule has 0 atom stereocenters. The molecule has 2 aromatic heterocycles. The summed E-state index contributed by atoms with van der Waals surface area (Å²) < 4.78 is 5.49. The first-order valence-electron chi connectivity index (χ1n) is 6.76. The molecule has 0 aliphatic heterocycles. The largest absolute Gasteiger partial charge is 0.459 e. The molecule has 0 spiro atoms. The predicted molar refractivity (Wildman–Crippen MR) is 87.5 cm³/mol. The molecule has 0 aliphatic rings. The number of thiazole rings is 1. The Hall–Kier alpha value is -2.93. The van der Waals surface area contributed by atoms with E-state index in [0.29, 0.717) is 22.0 Å². The van der Waals surface area contributed by atoms with Crippen LogP contribution in [0.5, 0.6) is 0 Å². The summed E-state index contributed by atoms with van der Waals surface area (Å²) in [6.45, 7) is 1.84.